The fourth-order valence-corrected chi connectivity index (χ4v) is 2.87. The van der Waals surface area contributed by atoms with Crippen LogP contribution >= 0.6 is 0 Å². The minimum Gasteiger partial charge on any atom is -0.300 e. The molecule has 0 radical (unpaired) electrons. The van der Waals surface area contributed by atoms with E-state index in [1.54, 1.807) is 14.0 Å². The Morgan fingerprint density at radius 2 is 1.67 bits per heavy atom. The van der Waals surface area contributed by atoms with Crippen molar-refractivity contribution in [2.75, 3.05) is 13.3 Å². The summed E-state index contributed by atoms with van der Waals surface area (Å²) < 4.78 is 24.0. The fourth-order valence-electron chi connectivity index (χ4n) is 2.12. The standard InChI is InChI=1S/C10H19NO3S/c1-8(12)9-4-6-10(7-5-9)11(2)15(3,13)14/h9-10H,4-7H2,1-3H3/t9-,10-. The first-order chi connectivity index (χ1) is 6.82. The minimum absolute atomic E-state index is 0.0793. The molecule has 1 aliphatic carbocycles. The summed E-state index contributed by atoms with van der Waals surface area (Å²) in [7, 11) is -1.47. The maximum atomic E-state index is 11.3. The van der Waals surface area contributed by atoms with Crippen molar-refractivity contribution in [2.45, 2.75) is 38.6 Å². The zero-order chi connectivity index (χ0) is 11.6. The second-order valence-corrected chi connectivity index (χ2v) is 6.44. The molecule has 0 amide bonds. The van der Waals surface area contributed by atoms with Crippen LogP contribution in [0.15, 0.2) is 0 Å². The lowest BCUT2D eigenvalue weighted by Crippen LogP contribution is -2.39. The normalized spacial score (nSPS) is 28.0. The Bertz CT molecular complexity index is 329. The summed E-state index contributed by atoms with van der Waals surface area (Å²) in [5.74, 6) is 0.379. The molecule has 0 heterocycles. The van der Waals surface area contributed by atoms with Crippen molar-refractivity contribution in [2.24, 2.45) is 5.92 Å². The summed E-state index contributed by atoms with van der Waals surface area (Å²) in [6, 6.07) is 0.0793. The predicted molar refractivity (Wildman–Crippen MR) is 59.0 cm³/mol. The molecule has 0 aliphatic heterocycles. The molecule has 0 N–H and O–H groups in total. The lowest BCUT2D eigenvalue weighted by Gasteiger charge is -2.32. The monoisotopic (exact) mass is 233 g/mol. The van der Waals surface area contributed by atoms with E-state index >= 15 is 0 Å². The van der Waals surface area contributed by atoms with Crippen LogP contribution in [0.2, 0.25) is 0 Å². The van der Waals surface area contributed by atoms with Crippen LogP contribution in [0.25, 0.3) is 0 Å². The summed E-state index contributed by atoms with van der Waals surface area (Å²) in [6.07, 6.45) is 4.46. The molecule has 0 aromatic heterocycles. The summed E-state index contributed by atoms with van der Waals surface area (Å²) in [6.45, 7) is 1.62. The molecular weight excluding hydrogens is 214 g/mol. The average molecular weight is 233 g/mol. The summed E-state index contributed by atoms with van der Waals surface area (Å²) in [5, 5.41) is 0. The number of hydrogen-bond donors (Lipinski definition) is 0. The van der Waals surface area contributed by atoms with E-state index in [1.807, 2.05) is 0 Å². The Kier molecular flexibility index (Phi) is 3.89. The van der Waals surface area contributed by atoms with Crippen molar-refractivity contribution >= 4 is 15.8 Å². The average Bonchev–Trinajstić information content (AvgIpc) is 2.15. The number of Topliss-reactive ketones (excluding diaryl/α,β-unsaturated/α-hetero) is 1. The molecule has 1 rings (SSSR count). The van der Waals surface area contributed by atoms with E-state index in [-0.39, 0.29) is 17.7 Å². The van der Waals surface area contributed by atoms with Crippen molar-refractivity contribution in [1.82, 2.24) is 4.31 Å². The molecule has 4 nitrogen and oxygen atoms in total. The third-order valence-electron chi connectivity index (χ3n) is 3.31. The molecule has 5 heteroatoms. The maximum absolute atomic E-state index is 11.3. The summed E-state index contributed by atoms with van der Waals surface area (Å²) in [5.41, 5.74) is 0. The molecule has 1 fully saturated rings. The molecular formula is C10H19NO3S. The van der Waals surface area contributed by atoms with Gasteiger partial charge in [0.25, 0.3) is 0 Å². The van der Waals surface area contributed by atoms with E-state index in [0.29, 0.717) is 0 Å². The van der Waals surface area contributed by atoms with E-state index in [0.717, 1.165) is 25.7 Å². The lowest BCUT2D eigenvalue weighted by atomic mass is 9.84. The van der Waals surface area contributed by atoms with E-state index in [1.165, 1.54) is 10.6 Å². The van der Waals surface area contributed by atoms with Gasteiger partial charge in [-0.05, 0) is 32.6 Å². The van der Waals surface area contributed by atoms with Gasteiger partial charge in [0, 0.05) is 19.0 Å². The van der Waals surface area contributed by atoms with Crippen LogP contribution in [0, 0.1) is 5.92 Å². The van der Waals surface area contributed by atoms with E-state index in [2.05, 4.69) is 0 Å². The number of ketones is 1. The van der Waals surface area contributed by atoms with Gasteiger partial charge in [0.2, 0.25) is 10.0 Å². The topological polar surface area (TPSA) is 54.5 Å². The van der Waals surface area contributed by atoms with E-state index < -0.39 is 10.0 Å². The SMILES string of the molecule is CC(=O)[C@H]1CC[C@H](N(C)S(C)(=O)=O)CC1. The zero-order valence-corrected chi connectivity index (χ0v) is 10.4. The molecule has 0 aromatic rings. The zero-order valence-electron chi connectivity index (χ0n) is 9.56. The molecule has 0 bridgehead atoms. The number of carbonyl (C=O) groups excluding carboxylic acids is 1. The van der Waals surface area contributed by atoms with Crippen molar-refractivity contribution in [3.05, 3.63) is 0 Å². The molecule has 0 saturated heterocycles. The second-order valence-electron chi connectivity index (χ2n) is 4.40. The van der Waals surface area contributed by atoms with Crippen LogP contribution in [0.4, 0.5) is 0 Å². The largest absolute Gasteiger partial charge is 0.300 e. The van der Waals surface area contributed by atoms with Crippen LogP contribution in [0.5, 0.6) is 0 Å². The van der Waals surface area contributed by atoms with Gasteiger partial charge in [0.05, 0.1) is 6.26 Å². The Morgan fingerprint density at radius 3 is 2.00 bits per heavy atom. The minimum atomic E-state index is -3.09. The predicted octanol–water partition coefficient (Wildman–Crippen LogP) is 1.03. The third kappa shape index (κ3) is 3.28. The molecule has 1 saturated carbocycles. The van der Waals surface area contributed by atoms with Gasteiger partial charge < -0.3 is 0 Å². The molecule has 88 valence electrons. The Morgan fingerprint density at radius 1 is 1.20 bits per heavy atom. The highest BCUT2D eigenvalue weighted by Crippen LogP contribution is 2.28. The van der Waals surface area contributed by atoms with Gasteiger partial charge >= 0.3 is 0 Å². The van der Waals surface area contributed by atoms with E-state index in [4.69, 9.17) is 0 Å². The number of rotatable bonds is 3. The Hall–Kier alpha value is -0.420. The van der Waals surface area contributed by atoms with Crippen molar-refractivity contribution in [3.8, 4) is 0 Å². The highest BCUT2D eigenvalue weighted by atomic mass is 32.2. The van der Waals surface area contributed by atoms with Gasteiger partial charge in [-0.1, -0.05) is 0 Å². The molecule has 0 atom stereocenters. The molecule has 1 aliphatic rings. The van der Waals surface area contributed by atoms with Crippen molar-refractivity contribution < 1.29 is 13.2 Å². The van der Waals surface area contributed by atoms with Gasteiger partial charge in [0.15, 0.2) is 0 Å². The molecule has 15 heavy (non-hydrogen) atoms. The van der Waals surface area contributed by atoms with Gasteiger partial charge in [-0.15, -0.1) is 0 Å². The molecule has 0 aromatic carbocycles. The molecule has 0 spiro atoms. The first kappa shape index (κ1) is 12.6. The Labute approximate surface area is 91.7 Å². The van der Waals surface area contributed by atoms with Gasteiger partial charge in [-0.25, -0.2) is 12.7 Å². The highest BCUT2D eigenvalue weighted by molar-refractivity contribution is 7.88. The van der Waals surface area contributed by atoms with Crippen LogP contribution in [0.3, 0.4) is 0 Å². The summed E-state index contributed by atoms with van der Waals surface area (Å²) >= 11 is 0. The number of sulfonamides is 1. The van der Waals surface area contributed by atoms with E-state index in [9.17, 15) is 13.2 Å². The first-order valence-corrected chi connectivity index (χ1v) is 7.10. The van der Waals surface area contributed by atoms with Gasteiger partial charge in [-0.3, -0.25) is 4.79 Å². The lowest BCUT2D eigenvalue weighted by molar-refractivity contribution is -0.121. The third-order valence-corrected chi connectivity index (χ3v) is 4.65. The smallest absolute Gasteiger partial charge is 0.211 e. The maximum Gasteiger partial charge on any atom is 0.211 e. The van der Waals surface area contributed by atoms with Crippen LogP contribution < -0.4 is 0 Å². The molecule has 0 unspecified atom stereocenters. The Balaban J connectivity index is 2.55. The van der Waals surface area contributed by atoms with Crippen molar-refractivity contribution in [3.63, 3.8) is 0 Å². The van der Waals surface area contributed by atoms with Crippen LogP contribution in [-0.2, 0) is 14.8 Å². The second kappa shape index (κ2) is 4.61. The number of nitrogens with zero attached hydrogens (tertiary/aromatic N) is 1. The fraction of sp³-hybridized carbons (Fsp3) is 0.900. The number of hydrogen-bond acceptors (Lipinski definition) is 3. The van der Waals surface area contributed by atoms with Gasteiger partial charge in [-0.2, -0.15) is 0 Å². The van der Waals surface area contributed by atoms with Crippen LogP contribution in [0.1, 0.15) is 32.6 Å². The quantitative estimate of drug-likeness (QED) is 0.731. The van der Waals surface area contributed by atoms with Crippen molar-refractivity contribution in [1.29, 1.82) is 0 Å². The van der Waals surface area contributed by atoms with Gasteiger partial charge in [0.1, 0.15) is 5.78 Å². The first-order valence-electron chi connectivity index (χ1n) is 5.26. The summed E-state index contributed by atoms with van der Waals surface area (Å²) in [4.78, 5) is 11.1. The number of carbonyl (C=O) groups is 1. The highest BCUT2D eigenvalue weighted by Gasteiger charge is 2.29. The van der Waals surface area contributed by atoms with Crippen LogP contribution in [-0.4, -0.2) is 37.9 Å².